The molecular weight excluding hydrogens is 205 g/mol. The minimum Gasteiger partial charge on any atom is -0.357 e. The molecule has 0 aliphatic heterocycles. The van der Waals surface area contributed by atoms with Crippen LogP contribution in [0.25, 0.3) is 0 Å². The summed E-state index contributed by atoms with van der Waals surface area (Å²) in [4.78, 5) is 11.8. The van der Waals surface area contributed by atoms with Crippen LogP contribution in [0.15, 0.2) is 42.7 Å². The van der Waals surface area contributed by atoms with Gasteiger partial charge >= 0.3 is 0 Å². The number of hydrogen-bond donors (Lipinski definition) is 0. The summed E-state index contributed by atoms with van der Waals surface area (Å²) in [5.74, 6) is -0.233. The van der Waals surface area contributed by atoms with Gasteiger partial charge in [0.05, 0.1) is 0 Å². The molecule has 0 aliphatic rings. The smallest absolute Gasteiger partial charge is 0.168 e. The minimum absolute atomic E-state index is 0.0483. The number of hydrogen-bond acceptors (Lipinski definition) is 1. The lowest BCUT2D eigenvalue weighted by molar-refractivity contribution is 0.0993. The quantitative estimate of drug-likeness (QED) is 0.724. The number of carbonyl (C=O) groups excluding carboxylic acids is 1. The Morgan fingerprint density at radius 1 is 1.25 bits per heavy atom. The Balaban J connectivity index is 2.10. The van der Waals surface area contributed by atoms with Crippen LogP contribution in [0.1, 0.15) is 15.9 Å². The molecule has 0 radical (unpaired) electrons. The molecule has 0 spiro atoms. The number of nitrogens with zero attached hydrogens (tertiary/aromatic N) is 1. The predicted octanol–water partition coefficient (Wildman–Crippen LogP) is 2.59. The average Bonchev–Trinajstić information content (AvgIpc) is 2.68. The van der Waals surface area contributed by atoms with Crippen molar-refractivity contribution in [1.29, 1.82) is 0 Å². The molecule has 1 aromatic heterocycles. The summed E-state index contributed by atoms with van der Waals surface area (Å²) < 4.78 is 14.5. The largest absolute Gasteiger partial charge is 0.357 e. The van der Waals surface area contributed by atoms with Crippen molar-refractivity contribution in [3.05, 3.63) is 59.7 Å². The van der Waals surface area contributed by atoms with Crippen molar-refractivity contribution in [2.45, 2.75) is 6.42 Å². The van der Waals surface area contributed by atoms with E-state index in [1.165, 1.54) is 12.1 Å². The molecule has 0 bridgehead atoms. The van der Waals surface area contributed by atoms with Crippen LogP contribution in [0.3, 0.4) is 0 Å². The normalized spacial score (nSPS) is 10.4. The molecular formula is C13H12FNO. The molecule has 0 saturated heterocycles. The Kier molecular flexibility index (Phi) is 2.86. The second-order valence-electron chi connectivity index (χ2n) is 3.79. The van der Waals surface area contributed by atoms with Gasteiger partial charge < -0.3 is 4.57 Å². The molecule has 1 heterocycles. The molecule has 3 heteroatoms. The Bertz CT molecular complexity index is 499. The monoisotopic (exact) mass is 217 g/mol. The number of halogens is 1. The van der Waals surface area contributed by atoms with Crippen molar-refractivity contribution in [2.75, 3.05) is 0 Å². The van der Waals surface area contributed by atoms with Crippen LogP contribution in [-0.2, 0) is 13.5 Å². The standard InChI is InChI=1S/C13H12FNO/c1-15-7-6-11(9-15)13(16)8-10-2-4-12(14)5-3-10/h2-7,9H,8H2,1H3. The summed E-state index contributed by atoms with van der Waals surface area (Å²) in [6.45, 7) is 0. The summed E-state index contributed by atoms with van der Waals surface area (Å²) in [5.41, 5.74) is 1.52. The van der Waals surface area contributed by atoms with Crippen LogP contribution < -0.4 is 0 Å². The van der Waals surface area contributed by atoms with E-state index in [2.05, 4.69) is 0 Å². The first-order valence-electron chi connectivity index (χ1n) is 5.05. The van der Waals surface area contributed by atoms with Crippen LogP contribution in [0, 0.1) is 5.82 Å². The number of rotatable bonds is 3. The van der Waals surface area contributed by atoms with Gasteiger partial charge in [0.15, 0.2) is 5.78 Å². The molecule has 16 heavy (non-hydrogen) atoms. The number of Topliss-reactive ketones (excluding diaryl/α,β-unsaturated/α-hetero) is 1. The zero-order valence-electron chi connectivity index (χ0n) is 8.98. The van der Waals surface area contributed by atoms with Crippen molar-refractivity contribution < 1.29 is 9.18 Å². The SMILES string of the molecule is Cn1ccc(C(=O)Cc2ccc(F)cc2)c1. The molecule has 0 aliphatic carbocycles. The Labute approximate surface area is 93.3 Å². The van der Waals surface area contributed by atoms with Crippen molar-refractivity contribution in [1.82, 2.24) is 4.57 Å². The molecule has 2 aromatic rings. The predicted molar refractivity (Wildman–Crippen MR) is 59.8 cm³/mol. The maximum Gasteiger partial charge on any atom is 0.168 e. The highest BCUT2D eigenvalue weighted by Crippen LogP contribution is 2.08. The summed E-state index contributed by atoms with van der Waals surface area (Å²) in [7, 11) is 1.87. The Morgan fingerprint density at radius 2 is 1.94 bits per heavy atom. The molecule has 0 saturated carbocycles. The number of carbonyl (C=O) groups is 1. The molecule has 0 N–H and O–H groups in total. The fourth-order valence-electron chi connectivity index (χ4n) is 1.56. The van der Waals surface area contributed by atoms with Gasteiger partial charge in [-0.2, -0.15) is 0 Å². The van der Waals surface area contributed by atoms with Gasteiger partial charge in [-0.25, -0.2) is 4.39 Å². The van der Waals surface area contributed by atoms with Crippen LogP contribution >= 0.6 is 0 Å². The zero-order valence-corrected chi connectivity index (χ0v) is 8.98. The minimum atomic E-state index is -0.282. The van der Waals surface area contributed by atoms with Crippen LogP contribution in [0.5, 0.6) is 0 Å². The number of benzene rings is 1. The first-order chi connectivity index (χ1) is 7.65. The molecule has 2 nitrogen and oxygen atoms in total. The van der Waals surface area contributed by atoms with Crippen molar-refractivity contribution in [3.63, 3.8) is 0 Å². The van der Waals surface area contributed by atoms with Crippen molar-refractivity contribution in [3.8, 4) is 0 Å². The van der Waals surface area contributed by atoms with E-state index in [4.69, 9.17) is 0 Å². The van der Waals surface area contributed by atoms with Crippen LogP contribution in [0.4, 0.5) is 4.39 Å². The topological polar surface area (TPSA) is 22.0 Å². The molecule has 0 amide bonds. The van der Waals surface area contributed by atoms with Gasteiger partial charge in [-0.1, -0.05) is 12.1 Å². The lowest BCUT2D eigenvalue weighted by Crippen LogP contribution is -2.02. The fourth-order valence-corrected chi connectivity index (χ4v) is 1.56. The molecule has 1 aromatic carbocycles. The van der Waals surface area contributed by atoms with E-state index in [9.17, 15) is 9.18 Å². The summed E-state index contributed by atoms with van der Waals surface area (Å²) in [6.07, 6.45) is 3.92. The van der Waals surface area contributed by atoms with Crippen molar-refractivity contribution in [2.24, 2.45) is 7.05 Å². The lowest BCUT2D eigenvalue weighted by Gasteiger charge is -1.99. The van der Waals surface area contributed by atoms with Gasteiger partial charge in [0, 0.05) is 31.4 Å². The van der Waals surface area contributed by atoms with E-state index in [0.29, 0.717) is 12.0 Å². The van der Waals surface area contributed by atoms with Crippen LogP contribution in [0.2, 0.25) is 0 Å². The molecule has 82 valence electrons. The van der Waals surface area contributed by atoms with E-state index in [1.54, 1.807) is 24.4 Å². The van der Waals surface area contributed by atoms with E-state index in [1.807, 2.05) is 17.8 Å². The van der Waals surface area contributed by atoms with E-state index >= 15 is 0 Å². The molecule has 0 atom stereocenters. The van der Waals surface area contributed by atoms with E-state index < -0.39 is 0 Å². The highest BCUT2D eigenvalue weighted by molar-refractivity contribution is 5.97. The van der Waals surface area contributed by atoms with E-state index in [0.717, 1.165) is 5.56 Å². The van der Waals surface area contributed by atoms with Gasteiger partial charge in [0.1, 0.15) is 5.82 Å². The van der Waals surface area contributed by atoms with Gasteiger partial charge in [-0.3, -0.25) is 4.79 Å². The highest BCUT2D eigenvalue weighted by Gasteiger charge is 2.07. The highest BCUT2D eigenvalue weighted by atomic mass is 19.1. The fraction of sp³-hybridized carbons (Fsp3) is 0.154. The van der Waals surface area contributed by atoms with Gasteiger partial charge in [-0.15, -0.1) is 0 Å². The van der Waals surface area contributed by atoms with Crippen LogP contribution in [-0.4, -0.2) is 10.4 Å². The van der Waals surface area contributed by atoms with Gasteiger partial charge in [-0.05, 0) is 23.8 Å². The Hall–Kier alpha value is -1.90. The second kappa shape index (κ2) is 4.31. The first-order valence-corrected chi connectivity index (χ1v) is 5.05. The molecule has 2 rings (SSSR count). The summed E-state index contributed by atoms with van der Waals surface area (Å²) in [5, 5.41) is 0. The first kappa shape index (κ1) is 10.6. The number of aryl methyl sites for hydroxylation is 1. The average molecular weight is 217 g/mol. The maximum atomic E-state index is 12.7. The third-order valence-electron chi connectivity index (χ3n) is 2.43. The number of ketones is 1. The van der Waals surface area contributed by atoms with Gasteiger partial charge in [0.25, 0.3) is 0 Å². The van der Waals surface area contributed by atoms with E-state index in [-0.39, 0.29) is 11.6 Å². The Morgan fingerprint density at radius 3 is 2.50 bits per heavy atom. The molecule has 0 fully saturated rings. The summed E-state index contributed by atoms with van der Waals surface area (Å²) in [6, 6.07) is 7.79. The molecule has 0 unspecified atom stereocenters. The maximum absolute atomic E-state index is 12.7. The number of aromatic nitrogens is 1. The lowest BCUT2D eigenvalue weighted by atomic mass is 10.1. The third-order valence-corrected chi connectivity index (χ3v) is 2.43. The third kappa shape index (κ3) is 2.37. The zero-order chi connectivity index (χ0) is 11.5. The second-order valence-corrected chi connectivity index (χ2v) is 3.79. The summed E-state index contributed by atoms with van der Waals surface area (Å²) >= 11 is 0. The van der Waals surface area contributed by atoms with Gasteiger partial charge in [0.2, 0.25) is 0 Å². The van der Waals surface area contributed by atoms with Crippen molar-refractivity contribution >= 4 is 5.78 Å².